The summed E-state index contributed by atoms with van der Waals surface area (Å²) in [6, 6.07) is 7.16. The number of aromatic nitrogens is 3. The van der Waals surface area contributed by atoms with Gasteiger partial charge in [0, 0.05) is 32.6 Å². The van der Waals surface area contributed by atoms with Gasteiger partial charge in [-0.2, -0.15) is 0 Å². The third kappa shape index (κ3) is 4.08. The van der Waals surface area contributed by atoms with Gasteiger partial charge in [-0.1, -0.05) is 23.9 Å². The Bertz CT molecular complexity index is 911. The second kappa shape index (κ2) is 8.42. The minimum atomic E-state index is -0.227. The number of carbonyl (C=O) groups excluding carboxylic acids is 2. The monoisotopic (exact) mass is 416 g/mol. The van der Waals surface area contributed by atoms with Gasteiger partial charge < -0.3 is 19.9 Å². The van der Waals surface area contributed by atoms with Crippen LogP contribution in [0, 0.1) is 0 Å². The molecule has 3 heterocycles. The standard InChI is InChI=1S/C19H24N6O3S/c1-13-11-16(26)20-14-5-3-4-6-15(14)25(13)17(27)12-29-19-22-21-18(23(19)2)24-7-9-28-10-8-24/h3-6,13H,7-12H2,1-2H3,(H,20,26). The summed E-state index contributed by atoms with van der Waals surface area (Å²) in [7, 11) is 1.91. The first-order valence-electron chi connectivity index (χ1n) is 9.60. The average Bonchev–Trinajstić information content (AvgIpc) is 3.02. The van der Waals surface area contributed by atoms with Crippen molar-refractivity contribution in [2.75, 3.05) is 47.2 Å². The van der Waals surface area contributed by atoms with Gasteiger partial charge in [-0.05, 0) is 19.1 Å². The molecule has 2 aliphatic heterocycles. The van der Waals surface area contributed by atoms with E-state index in [0.717, 1.165) is 24.7 Å². The van der Waals surface area contributed by atoms with Crippen LogP contribution in [0.4, 0.5) is 17.3 Å². The Balaban J connectivity index is 1.48. The van der Waals surface area contributed by atoms with Gasteiger partial charge in [-0.3, -0.25) is 14.2 Å². The van der Waals surface area contributed by atoms with E-state index in [0.29, 0.717) is 24.1 Å². The Morgan fingerprint density at radius 2 is 2.03 bits per heavy atom. The number of amides is 2. The van der Waals surface area contributed by atoms with E-state index in [1.165, 1.54) is 11.8 Å². The lowest BCUT2D eigenvalue weighted by atomic mass is 10.2. The topological polar surface area (TPSA) is 92.6 Å². The van der Waals surface area contributed by atoms with Gasteiger partial charge in [0.1, 0.15) is 0 Å². The Hall–Kier alpha value is -2.59. The molecule has 2 aliphatic rings. The lowest BCUT2D eigenvalue weighted by Gasteiger charge is -2.28. The summed E-state index contributed by atoms with van der Waals surface area (Å²) < 4.78 is 7.30. The van der Waals surface area contributed by atoms with E-state index in [1.807, 2.05) is 42.8 Å². The molecule has 1 N–H and O–H groups in total. The van der Waals surface area contributed by atoms with Crippen molar-refractivity contribution in [3.8, 4) is 0 Å². The number of morpholine rings is 1. The fourth-order valence-electron chi connectivity index (χ4n) is 3.64. The summed E-state index contributed by atoms with van der Waals surface area (Å²) in [5, 5.41) is 12.1. The summed E-state index contributed by atoms with van der Waals surface area (Å²) in [4.78, 5) is 29.1. The van der Waals surface area contributed by atoms with Crippen LogP contribution in [0.25, 0.3) is 0 Å². The summed E-state index contributed by atoms with van der Waals surface area (Å²) in [6.07, 6.45) is 0.260. The quantitative estimate of drug-likeness (QED) is 0.755. The SMILES string of the molecule is CC1CC(=O)Nc2ccccc2N1C(=O)CSc1nnc(N2CCOCC2)n1C. The molecule has 0 saturated carbocycles. The van der Waals surface area contributed by atoms with E-state index in [2.05, 4.69) is 20.4 Å². The minimum Gasteiger partial charge on any atom is -0.378 e. The van der Waals surface area contributed by atoms with Gasteiger partial charge in [0.05, 0.1) is 30.3 Å². The highest BCUT2D eigenvalue weighted by molar-refractivity contribution is 7.99. The Morgan fingerprint density at radius 3 is 2.83 bits per heavy atom. The van der Waals surface area contributed by atoms with E-state index in [4.69, 9.17) is 4.74 Å². The molecule has 0 spiro atoms. The third-order valence-corrected chi connectivity index (χ3v) is 6.06. The fraction of sp³-hybridized carbons (Fsp3) is 0.474. The molecule has 1 fully saturated rings. The number of para-hydroxylation sites is 2. The van der Waals surface area contributed by atoms with E-state index in [1.54, 1.807) is 4.90 Å². The number of hydrogen-bond acceptors (Lipinski definition) is 7. The van der Waals surface area contributed by atoms with Crippen LogP contribution in [0.5, 0.6) is 0 Å². The van der Waals surface area contributed by atoms with Crippen molar-refractivity contribution >= 4 is 40.9 Å². The number of nitrogens with one attached hydrogen (secondary N) is 1. The predicted molar refractivity (Wildman–Crippen MR) is 111 cm³/mol. The molecule has 1 aromatic carbocycles. The first-order valence-corrected chi connectivity index (χ1v) is 10.6. The fourth-order valence-corrected chi connectivity index (χ4v) is 4.40. The average molecular weight is 417 g/mol. The zero-order valence-corrected chi connectivity index (χ0v) is 17.3. The number of benzene rings is 1. The van der Waals surface area contributed by atoms with E-state index >= 15 is 0 Å². The predicted octanol–water partition coefficient (Wildman–Crippen LogP) is 1.51. The molecule has 0 aliphatic carbocycles. The maximum absolute atomic E-state index is 13.1. The number of hydrogen-bond donors (Lipinski definition) is 1. The van der Waals surface area contributed by atoms with Crippen molar-refractivity contribution in [1.82, 2.24) is 14.8 Å². The zero-order chi connectivity index (χ0) is 20.4. The molecular weight excluding hydrogens is 392 g/mol. The van der Waals surface area contributed by atoms with Crippen molar-refractivity contribution in [3.63, 3.8) is 0 Å². The summed E-state index contributed by atoms with van der Waals surface area (Å²) in [5.41, 5.74) is 1.39. The molecule has 1 aromatic heterocycles. The zero-order valence-electron chi connectivity index (χ0n) is 16.5. The summed E-state index contributed by atoms with van der Waals surface area (Å²) in [6.45, 7) is 4.79. The molecule has 1 atom stereocenters. The summed E-state index contributed by atoms with van der Waals surface area (Å²) >= 11 is 1.35. The van der Waals surface area contributed by atoms with Gasteiger partial charge in [-0.15, -0.1) is 10.2 Å². The molecule has 1 unspecified atom stereocenters. The molecule has 2 aromatic rings. The van der Waals surface area contributed by atoms with Crippen LogP contribution < -0.4 is 15.1 Å². The highest BCUT2D eigenvalue weighted by atomic mass is 32.2. The second-order valence-corrected chi connectivity index (χ2v) is 8.05. The molecule has 10 heteroatoms. The largest absolute Gasteiger partial charge is 0.378 e. The lowest BCUT2D eigenvalue weighted by molar-refractivity contribution is -0.117. The molecule has 154 valence electrons. The number of fused-ring (bicyclic) bond motifs is 1. The van der Waals surface area contributed by atoms with Crippen LogP contribution in [0.15, 0.2) is 29.4 Å². The molecule has 0 bridgehead atoms. The maximum Gasteiger partial charge on any atom is 0.237 e. The lowest BCUT2D eigenvalue weighted by Crippen LogP contribution is -2.40. The van der Waals surface area contributed by atoms with Crippen molar-refractivity contribution < 1.29 is 14.3 Å². The highest BCUT2D eigenvalue weighted by Gasteiger charge is 2.30. The Labute approximate surface area is 173 Å². The molecule has 0 radical (unpaired) electrons. The van der Waals surface area contributed by atoms with Crippen LogP contribution in [0.2, 0.25) is 0 Å². The molecule has 9 nitrogen and oxygen atoms in total. The van der Waals surface area contributed by atoms with Crippen LogP contribution >= 0.6 is 11.8 Å². The number of carbonyl (C=O) groups is 2. The molecule has 1 saturated heterocycles. The number of nitrogens with zero attached hydrogens (tertiary/aromatic N) is 5. The van der Waals surface area contributed by atoms with Crippen molar-refractivity contribution in [2.45, 2.75) is 24.5 Å². The number of thioether (sulfide) groups is 1. The van der Waals surface area contributed by atoms with Gasteiger partial charge in [0.2, 0.25) is 17.8 Å². The maximum atomic E-state index is 13.1. The van der Waals surface area contributed by atoms with Gasteiger partial charge >= 0.3 is 0 Å². The van der Waals surface area contributed by atoms with Gasteiger partial charge in [0.15, 0.2) is 5.16 Å². The van der Waals surface area contributed by atoms with Gasteiger partial charge in [-0.25, -0.2) is 0 Å². The normalized spacial score (nSPS) is 19.5. The van der Waals surface area contributed by atoms with Crippen molar-refractivity contribution in [2.24, 2.45) is 7.05 Å². The molecule has 4 rings (SSSR count). The van der Waals surface area contributed by atoms with Crippen LogP contribution in [0.3, 0.4) is 0 Å². The van der Waals surface area contributed by atoms with E-state index in [-0.39, 0.29) is 30.0 Å². The molecule has 29 heavy (non-hydrogen) atoms. The smallest absolute Gasteiger partial charge is 0.237 e. The van der Waals surface area contributed by atoms with Crippen molar-refractivity contribution in [1.29, 1.82) is 0 Å². The number of ether oxygens (including phenoxy) is 1. The van der Waals surface area contributed by atoms with E-state index in [9.17, 15) is 9.59 Å². The van der Waals surface area contributed by atoms with Gasteiger partial charge in [0.25, 0.3) is 0 Å². The van der Waals surface area contributed by atoms with Crippen molar-refractivity contribution in [3.05, 3.63) is 24.3 Å². The van der Waals surface area contributed by atoms with E-state index < -0.39 is 0 Å². The Kier molecular flexibility index (Phi) is 5.72. The molecular formula is C19H24N6O3S. The number of anilines is 3. The minimum absolute atomic E-state index is 0.0672. The Morgan fingerprint density at radius 1 is 1.28 bits per heavy atom. The second-order valence-electron chi connectivity index (χ2n) is 7.11. The van der Waals surface area contributed by atoms with Crippen LogP contribution in [-0.4, -0.2) is 64.7 Å². The first kappa shape index (κ1) is 19.7. The molecule has 2 amide bonds. The number of rotatable bonds is 4. The highest BCUT2D eigenvalue weighted by Crippen LogP contribution is 2.32. The summed E-state index contributed by atoms with van der Waals surface area (Å²) in [5.74, 6) is 0.840. The van der Waals surface area contributed by atoms with Crippen LogP contribution in [-0.2, 0) is 21.4 Å². The van der Waals surface area contributed by atoms with Crippen LogP contribution in [0.1, 0.15) is 13.3 Å². The third-order valence-electron chi connectivity index (χ3n) is 5.06. The first-order chi connectivity index (χ1) is 14.0.